The molecule has 0 aromatic heterocycles. The lowest BCUT2D eigenvalue weighted by atomic mass is 9.79. The molecule has 0 aromatic carbocycles. The molecule has 0 aliphatic carbocycles. The fourth-order valence-electron chi connectivity index (χ4n) is 9.80. The lowest BCUT2D eigenvalue weighted by Gasteiger charge is -2.49. The van der Waals surface area contributed by atoms with Gasteiger partial charge in [0.15, 0.2) is 24.7 Å². The SMILES string of the molecule is CCC1OC(=O)CC(O)C(C)C(OC2OC(C)C(OC3CCC(O)C(C)O3)C(N(C)C)C2O)C(CC=O)CC(C)C(=O)C=CC2(C)OC2C1COC1OC(C)C(O)C(OC)C1OC. The number of rotatable bonds is 13. The minimum atomic E-state index is -1.35. The second kappa shape index (κ2) is 22.7. The van der Waals surface area contributed by atoms with Crippen molar-refractivity contribution in [1.29, 1.82) is 0 Å². The lowest BCUT2D eigenvalue weighted by molar-refractivity contribution is -0.332. The van der Waals surface area contributed by atoms with Crippen LogP contribution in [0.3, 0.4) is 0 Å². The number of epoxide rings is 1. The van der Waals surface area contributed by atoms with Crippen molar-refractivity contribution < 1.29 is 82.2 Å². The van der Waals surface area contributed by atoms with Crippen LogP contribution in [0.2, 0.25) is 0 Å². The molecule has 5 rings (SSSR count). The fourth-order valence-corrected chi connectivity index (χ4v) is 9.80. The van der Waals surface area contributed by atoms with Crippen LogP contribution in [-0.2, 0) is 61.8 Å². The van der Waals surface area contributed by atoms with Gasteiger partial charge >= 0.3 is 5.97 Å². The first-order chi connectivity index (χ1) is 29.8. The molecule has 22 unspecified atom stereocenters. The molecule has 4 N–H and O–H groups in total. The molecule has 5 heterocycles. The zero-order valence-corrected chi connectivity index (χ0v) is 38.8. The highest BCUT2D eigenvalue weighted by molar-refractivity contribution is 5.91. The Kier molecular flexibility index (Phi) is 18.7. The average molecular weight is 902 g/mol. The van der Waals surface area contributed by atoms with Gasteiger partial charge in [-0.1, -0.05) is 20.8 Å². The molecule has 0 saturated carbocycles. The number of carbonyl (C=O) groups is 3. The molecule has 22 atom stereocenters. The predicted molar refractivity (Wildman–Crippen MR) is 224 cm³/mol. The van der Waals surface area contributed by atoms with Crippen molar-refractivity contribution in [3.05, 3.63) is 12.2 Å². The van der Waals surface area contributed by atoms with Crippen molar-refractivity contribution in [2.75, 3.05) is 34.9 Å². The van der Waals surface area contributed by atoms with E-state index in [1.807, 2.05) is 18.7 Å². The van der Waals surface area contributed by atoms with Gasteiger partial charge in [0.1, 0.15) is 48.5 Å². The number of likely N-dealkylation sites (N-methyl/N-ethyl adjacent to an activating group) is 1. The highest BCUT2D eigenvalue weighted by atomic mass is 16.7. The van der Waals surface area contributed by atoms with E-state index in [-0.39, 0.29) is 25.2 Å². The largest absolute Gasteiger partial charge is 0.462 e. The monoisotopic (exact) mass is 902 g/mol. The zero-order valence-electron chi connectivity index (χ0n) is 38.8. The molecule has 0 spiro atoms. The Morgan fingerprint density at radius 2 is 1.52 bits per heavy atom. The zero-order chi connectivity index (χ0) is 46.5. The minimum absolute atomic E-state index is 0.0197. The Hall–Kier alpha value is -2.01. The summed E-state index contributed by atoms with van der Waals surface area (Å²) >= 11 is 0. The quantitative estimate of drug-likeness (QED) is 0.117. The van der Waals surface area contributed by atoms with E-state index in [9.17, 15) is 34.8 Å². The lowest BCUT2D eigenvalue weighted by Crippen LogP contribution is -2.64. The third kappa shape index (κ3) is 12.3. The Balaban J connectivity index is 1.40. The van der Waals surface area contributed by atoms with Crippen LogP contribution in [0.1, 0.15) is 87.0 Å². The maximum absolute atomic E-state index is 13.8. The van der Waals surface area contributed by atoms with Crippen LogP contribution in [0.4, 0.5) is 0 Å². The predicted octanol–water partition coefficient (Wildman–Crippen LogP) is 1.68. The van der Waals surface area contributed by atoms with Gasteiger partial charge in [-0.2, -0.15) is 0 Å². The number of ether oxygens (including phenoxy) is 10. The van der Waals surface area contributed by atoms with Crippen LogP contribution in [0.15, 0.2) is 12.2 Å². The number of methoxy groups -OCH3 is 2. The number of aliphatic hydroxyl groups is 4. The van der Waals surface area contributed by atoms with E-state index in [0.29, 0.717) is 19.3 Å². The van der Waals surface area contributed by atoms with Crippen molar-refractivity contribution in [3.63, 3.8) is 0 Å². The molecular weight excluding hydrogens is 826 g/mol. The number of fused-ring (bicyclic) bond motifs is 1. The molecule has 18 nitrogen and oxygen atoms in total. The maximum atomic E-state index is 13.8. The van der Waals surface area contributed by atoms with Crippen LogP contribution in [0, 0.1) is 23.7 Å². The first-order valence-electron chi connectivity index (χ1n) is 22.7. The van der Waals surface area contributed by atoms with Crippen LogP contribution in [0.5, 0.6) is 0 Å². The molecule has 5 aliphatic rings. The third-order valence-corrected chi connectivity index (χ3v) is 13.9. The van der Waals surface area contributed by atoms with Crippen LogP contribution >= 0.6 is 0 Å². The number of aliphatic hydroxyl groups excluding tert-OH is 4. The van der Waals surface area contributed by atoms with Gasteiger partial charge in [-0.25, -0.2) is 0 Å². The summed E-state index contributed by atoms with van der Waals surface area (Å²) in [5, 5.41) is 44.6. The molecule has 63 heavy (non-hydrogen) atoms. The molecule has 0 aromatic rings. The highest BCUT2D eigenvalue weighted by Gasteiger charge is 2.58. The first kappa shape index (κ1) is 52.0. The van der Waals surface area contributed by atoms with Crippen molar-refractivity contribution in [2.24, 2.45) is 23.7 Å². The van der Waals surface area contributed by atoms with Crippen molar-refractivity contribution >= 4 is 18.0 Å². The minimum Gasteiger partial charge on any atom is -0.462 e. The molecular formula is C45H75NO17. The number of hydrogen-bond acceptors (Lipinski definition) is 18. The number of ketones is 1. The second-order valence-electron chi connectivity index (χ2n) is 18.7. The molecule has 0 amide bonds. The number of nitrogens with zero attached hydrogens (tertiary/aromatic N) is 1. The Labute approximate surface area is 372 Å². The van der Waals surface area contributed by atoms with E-state index in [0.717, 1.165) is 6.29 Å². The van der Waals surface area contributed by atoms with E-state index < -0.39 is 146 Å². The van der Waals surface area contributed by atoms with Crippen LogP contribution in [0.25, 0.3) is 0 Å². The number of aldehydes is 1. The smallest absolute Gasteiger partial charge is 0.308 e. The van der Waals surface area contributed by atoms with E-state index in [2.05, 4.69) is 0 Å². The summed E-state index contributed by atoms with van der Waals surface area (Å²) in [6, 6.07) is -0.653. The molecule has 18 heteroatoms. The Morgan fingerprint density at radius 1 is 0.841 bits per heavy atom. The molecule has 5 aliphatic heterocycles. The summed E-state index contributed by atoms with van der Waals surface area (Å²) < 4.78 is 61.2. The van der Waals surface area contributed by atoms with Gasteiger partial charge in [-0.3, -0.25) is 9.59 Å². The molecule has 4 fully saturated rings. The maximum Gasteiger partial charge on any atom is 0.308 e. The Morgan fingerprint density at radius 3 is 2.14 bits per heavy atom. The van der Waals surface area contributed by atoms with Gasteiger partial charge < -0.3 is 77.5 Å². The summed E-state index contributed by atoms with van der Waals surface area (Å²) in [5.74, 6) is -3.55. The first-order valence-corrected chi connectivity index (χ1v) is 22.7. The summed E-state index contributed by atoms with van der Waals surface area (Å²) in [7, 11) is 6.53. The normalized spacial score (nSPS) is 46.9. The average Bonchev–Trinajstić information content (AvgIpc) is 3.91. The third-order valence-electron chi connectivity index (χ3n) is 13.9. The van der Waals surface area contributed by atoms with Gasteiger partial charge in [-0.15, -0.1) is 0 Å². The number of allylic oxidation sites excluding steroid dienone is 1. The second-order valence-corrected chi connectivity index (χ2v) is 18.7. The topological polar surface area (TPSA) is 231 Å². The summed E-state index contributed by atoms with van der Waals surface area (Å²) in [6.07, 6.45) is -8.32. The van der Waals surface area contributed by atoms with E-state index in [1.165, 1.54) is 20.3 Å². The number of hydrogen-bond donors (Lipinski definition) is 4. The molecule has 362 valence electrons. The number of cyclic esters (lactones) is 1. The standard InChI is InChI=1S/C45H75NO17/c1-12-32-28(21-56-44-41(55-11)40(54-10)36(52)25(5)58-44)42-45(7,63-42)17-15-29(48)22(2)19-27(16-18-47)38(23(3)31(50)20-33(51)60-32)62-43-37(53)35(46(8)9)39(26(6)59-43)61-34-14-13-30(49)24(4)57-34/h15,17-18,22-28,30-32,34-44,49-50,52-53H,12-14,16,19-21H2,1-11H3. The Bertz CT molecular complexity index is 1520. The van der Waals surface area contributed by atoms with Gasteiger partial charge in [0, 0.05) is 44.8 Å². The van der Waals surface area contributed by atoms with Crippen LogP contribution in [-0.4, -0.2) is 188 Å². The molecule has 0 bridgehead atoms. The van der Waals surface area contributed by atoms with Crippen molar-refractivity contribution in [3.8, 4) is 0 Å². The number of esters is 1. The van der Waals surface area contributed by atoms with E-state index in [4.69, 9.17) is 47.4 Å². The molecule has 0 radical (unpaired) electrons. The van der Waals surface area contributed by atoms with Gasteiger partial charge in [0.2, 0.25) is 0 Å². The highest BCUT2D eigenvalue weighted by Crippen LogP contribution is 2.46. The van der Waals surface area contributed by atoms with E-state index in [1.54, 1.807) is 54.8 Å². The van der Waals surface area contributed by atoms with Crippen molar-refractivity contribution in [1.82, 2.24) is 4.90 Å². The summed E-state index contributed by atoms with van der Waals surface area (Å²) in [4.78, 5) is 41.8. The van der Waals surface area contributed by atoms with Crippen LogP contribution < -0.4 is 0 Å². The summed E-state index contributed by atoms with van der Waals surface area (Å²) in [5.41, 5.74) is -0.923. The van der Waals surface area contributed by atoms with Gasteiger partial charge in [-0.05, 0) is 79.1 Å². The van der Waals surface area contributed by atoms with E-state index >= 15 is 0 Å². The van der Waals surface area contributed by atoms with Gasteiger partial charge in [0.05, 0.1) is 61.8 Å². The van der Waals surface area contributed by atoms with Gasteiger partial charge in [0.25, 0.3) is 0 Å². The summed E-state index contributed by atoms with van der Waals surface area (Å²) in [6.45, 7) is 12.4. The number of carbonyl (C=O) groups excluding carboxylic acids is 3. The van der Waals surface area contributed by atoms with Crippen molar-refractivity contribution in [2.45, 2.75) is 197 Å². The molecule has 4 saturated heterocycles. The fraction of sp³-hybridized carbons (Fsp3) is 0.889.